The number of carbonyl (C=O) groups excluding carboxylic acids is 1. The number of sulfonamides is 1. The molecule has 13 heteroatoms. The summed E-state index contributed by atoms with van der Waals surface area (Å²) in [7, 11) is -2.92. The van der Waals surface area contributed by atoms with E-state index in [1.165, 1.54) is 39.6 Å². The van der Waals surface area contributed by atoms with E-state index in [1.807, 2.05) is 18.2 Å². The van der Waals surface area contributed by atoms with Crippen LogP contribution in [0.5, 0.6) is 5.75 Å². The molecule has 0 aliphatic heterocycles. The number of carbonyl (C=O) groups is 1. The molecule has 0 saturated heterocycles. The first-order valence-electron chi connectivity index (χ1n) is 11.3. The molecular weight excluding hydrogens is 652 g/mol. The molecule has 3 aromatic rings. The molecule has 1 unspecified atom stereocenters. The number of halogens is 3. The summed E-state index contributed by atoms with van der Waals surface area (Å²) >= 11 is 1.71. The first-order valence-corrected chi connectivity index (χ1v) is 14.2. The predicted molar refractivity (Wildman–Crippen MR) is 152 cm³/mol. The van der Waals surface area contributed by atoms with E-state index in [0.717, 1.165) is 11.6 Å². The molecule has 0 aliphatic carbocycles. The van der Waals surface area contributed by atoms with Crippen LogP contribution in [-0.2, 0) is 30.2 Å². The van der Waals surface area contributed by atoms with Crippen molar-refractivity contribution in [2.45, 2.75) is 30.0 Å². The monoisotopic (exact) mass is 678 g/mol. The minimum absolute atomic E-state index is 0.0372. The third kappa shape index (κ3) is 7.60. The fraction of sp³-hybridized carbons (Fsp3) is 0.240. The third-order valence-electron chi connectivity index (χ3n) is 5.44. The van der Waals surface area contributed by atoms with Crippen molar-refractivity contribution < 1.29 is 34.9 Å². The van der Waals surface area contributed by atoms with Crippen LogP contribution in [0.3, 0.4) is 0 Å². The van der Waals surface area contributed by atoms with Gasteiger partial charge in [-0.3, -0.25) is 9.52 Å². The van der Waals surface area contributed by atoms with E-state index in [4.69, 9.17) is 7.80 Å². The number of anilines is 2. The lowest BCUT2D eigenvalue weighted by atomic mass is 9.99. The number of ether oxygens (including phenoxy) is 1. The molecule has 0 spiro atoms. The first-order chi connectivity index (χ1) is 18.0. The van der Waals surface area contributed by atoms with Crippen molar-refractivity contribution in [1.29, 1.82) is 0 Å². The maximum atomic E-state index is 14.0. The van der Waals surface area contributed by atoms with Crippen LogP contribution in [0.4, 0.5) is 20.2 Å². The topological polar surface area (TPSA) is 114 Å². The Labute approximate surface area is 236 Å². The number of benzene rings is 3. The SMILES string of the molecule is CCOc1cc(NC(=O)[C@@H](COI)c2ccccc2)ccc1S(=O)(=O)Nc1ccc(CO)c(C(F)(F)P)c1. The summed E-state index contributed by atoms with van der Waals surface area (Å²) in [5, 5.41) is 12.1. The number of rotatable bonds is 12. The van der Waals surface area contributed by atoms with Crippen molar-refractivity contribution in [2.75, 3.05) is 23.3 Å². The van der Waals surface area contributed by atoms with E-state index < -0.39 is 33.8 Å². The Morgan fingerprint density at radius 2 is 1.79 bits per heavy atom. The van der Waals surface area contributed by atoms with Crippen molar-refractivity contribution in [3.8, 4) is 5.75 Å². The third-order valence-corrected chi connectivity index (χ3v) is 7.53. The molecule has 0 aliphatic rings. The standard InChI is InChI=1S/C25H26F2IN2O6PS/c1-2-35-22-13-18(29-24(32)20(15-36-28)16-6-4-3-5-7-16)10-11-23(22)38(33,34)30-19-9-8-17(14-31)21(12-19)25(26,27)37/h3-13,20,30-31H,2,14-15,37H2,1H3,(H,29,32)/t20-/m0/s1. The Balaban J connectivity index is 1.90. The lowest BCUT2D eigenvalue weighted by Gasteiger charge is -2.19. The van der Waals surface area contributed by atoms with E-state index in [0.29, 0.717) is 5.69 Å². The summed E-state index contributed by atoms with van der Waals surface area (Å²) in [5.74, 6) is -1.01. The smallest absolute Gasteiger partial charge is 0.284 e. The lowest BCUT2D eigenvalue weighted by Crippen LogP contribution is -2.24. The number of amides is 1. The average molecular weight is 678 g/mol. The number of aliphatic hydroxyl groups is 1. The maximum Gasteiger partial charge on any atom is 0.284 e. The maximum absolute atomic E-state index is 14.0. The summed E-state index contributed by atoms with van der Waals surface area (Å²) in [5.41, 5.74) is -3.03. The molecule has 8 nitrogen and oxygen atoms in total. The summed E-state index contributed by atoms with van der Waals surface area (Å²) in [6.45, 7) is 1.28. The molecule has 0 radical (unpaired) electrons. The van der Waals surface area contributed by atoms with Crippen molar-refractivity contribution in [2.24, 2.45) is 0 Å². The van der Waals surface area contributed by atoms with Gasteiger partial charge >= 0.3 is 0 Å². The molecule has 2 atom stereocenters. The molecule has 38 heavy (non-hydrogen) atoms. The van der Waals surface area contributed by atoms with Crippen molar-refractivity contribution >= 4 is 59.6 Å². The molecule has 0 saturated carbocycles. The van der Waals surface area contributed by atoms with E-state index >= 15 is 0 Å². The fourth-order valence-electron chi connectivity index (χ4n) is 3.68. The number of hydrogen-bond acceptors (Lipinski definition) is 6. The number of aliphatic hydroxyl groups excluding tert-OH is 1. The highest BCUT2D eigenvalue weighted by molar-refractivity contribution is 14.1. The summed E-state index contributed by atoms with van der Waals surface area (Å²) in [4.78, 5) is 12.8. The van der Waals surface area contributed by atoms with Gasteiger partial charge in [0.1, 0.15) is 33.7 Å². The molecule has 0 heterocycles. The highest BCUT2D eigenvalue weighted by Gasteiger charge is 2.29. The zero-order chi connectivity index (χ0) is 27.9. The van der Waals surface area contributed by atoms with Crippen LogP contribution in [0.15, 0.2) is 71.6 Å². The van der Waals surface area contributed by atoms with Crippen LogP contribution in [0.25, 0.3) is 0 Å². The second kappa shape index (κ2) is 13.1. The van der Waals surface area contributed by atoms with E-state index in [1.54, 1.807) is 42.1 Å². The number of alkyl halides is 2. The van der Waals surface area contributed by atoms with Crippen molar-refractivity contribution in [3.05, 3.63) is 83.4 Å². The molecule has 0 bridgehead atoms. The van der Waals surface area contributed by atoms with Crippen LogP contribution in [0, 0.1) is 0 Å². The lowest BCUT2D eigenvalue weighted by molar-refractivity contribution is -0.118. The van der Waals surface area contributed by atoms with Crippen LogP contribution in [0.1, 0.15) is 29.5 Å². The van der Waals surface area contributed by atoms with Gasteiger partial charge in [-0.15, -0.1) is 0 Å². The molecule has 3 rings (SSSR count). The zero-order valence-electron chi connectivity index (χ0n) is 20.2. The van der Waals surface area contributed by atoms with Gasteiger partial charge in [0, 0.05) is 23.0 Å². The summed E-state index contributed by atoms with van der Waals surface area (Å²) in [6, 6.07) is 16.5. The zero-order valence-corrected chi connectivity index (χ0v) is 24.3. The van der Waals surface area contributed by atoms with Gasteiger partial charge in [-0.1, -0.05) is 45.6 Å². The quantitative estimate of drug-likeness (QED) is 0.175. The van der Waals surface area contributed by atoms with Crippen LogP contribution in [0.2, 0.25) is 0 Å². The van der Waals surface area contributed by atoms with Crippen LogP contribution < -0.4 is 14.8 Å². The molecular formula is C25H26F2IN2O6PS. The van der Waals surface area contributed by atoms with E-state index in [-0.39, 0.29) is 41.0 Å². The predicted octanol–water partition coefficient (Wildman–Crippen LogP) is 5.39. The Kier molecular flexibility index (Phi) is 10.4. The number of nitrogens with one attached hydrogen (secondary N) is 2. The summed E-state index contributed by atoms with van der Waals surface area (Å²) < 4.78 is 67.3. The van der Waals surface area contributed by atoms with E-state index in [9.17, 15) is 27.1 Å². The minimum atomic E-state index is -4.28. The van der Waals surface area contributed by atoms with Gasteiger partial charge in [0.2, 0.25) is 5.91 Å². The van der Waals surface area contributed by atoms with Crippen molar-refractivity contribution in [1.82, 2.24) is 0 Å². The highest BCUT2D eigenvalue weighted by atomic mass is 127. The Morgan fingerprint density at radius 3 is 2.39 bits per heavy atom. The Hall–Kier alpha value is -2.38. The normalized spacial score (nSPS) is 12.6. The van der Waals surface area contributed by atoms with Crippen LogP contribution >= 0.6 is 32.2 Å². The molecule has 1 amide bonds. The number of hydrogen-bond donors (Lipinski definition) is 3. The highest BCUT2D eigenvalue weighted by Crippen LogP contribution is 2.39. The van der Waals surface area contributed by atoms with Gasteiger partial charge in [0.15, 0.2) is 0 Å². The van der Waals surface area contributed by atoms with E-state index in [2.05, 4.69) is 10.0 Å². The molecule has 0 aromatic heterocycles. The van der Waals surface area contributed by atoms with Gasteiger partial charge < -0.3 is 18.2 Å². The largest absolute Gasteiger partial charge is 0.492 e. The van der Waals surface area contributed by atoms with Gasteiger partial charge in [-0.25, -0.2) is 8.42 Å². The fourth-order valence-corrected chi connectivity index (χ4v) is 5.48. The molecule has 3 aromatic carbocycles. The molecule has 204 valence electrons. The molecule has 3 N–H and O–H groups in total. The van der Waals surface area contributed by atoms with Crippen LogP contribution in [-0.4, -0.2) is 32.6 Å². The minimum Gasteiger partial charge on any atom is -0.492 e. The van der Waals surface area contributed by atoms with Crippen molar-refractivity contribution in [3.63, 3.8) is 0 Å². The Bertz CT molecular complexity index is 1370. The Morgan fingerprint density at radius 1 is 1.11 bits per heavy atom. The van der Waals surface area contributed by atoms with Gasteiger partial charge in [0.05, 0.1) is 25.7 Å². The van der Waals surface area contributed by atoms with Gasteiger partial charge in [-0.05, 0) is 42.3 Å². The van der Waals surface area contributed by atoms with Gasteiger partial charge in [-0.2, -0.15) is 8.78 Å². The van der Waals surface area contributed by atoms with Gasteiger partial charge in [0.25, 0.3) is 15.7 Å². The first kappa shape index (κ1) is 30.2. The average Bonchev–Trinajstić information content (AvgIpc) is 2.87. The second-order valence-electron chi connectivity index (χ2n) is 8.08. The molecule has 0 fully saturated rings. The summed E-state index contributed by atoms with van der Waals surface area (Å²) in [6.07, 6.45) is 0. The second-order valence-corrected chi connectivity index (χ2v) is 11.1.